The lowest BCUT2D eigenvalue weighted by molar-refractivity contribution is 0.503. The second-order valence-electron chi connectivity index (χ2n) is 5.98. The highest BCUT2D eigenvalue weighted by Crippen LogP contribution is 2.29. The van der Waals surface area contributed by atoms with Gasteiger partial charge in [0.05, 0.1) is 17.5 Å². The molecule has 1 saturated heterocycles. The van der Waals surface area contributed by atoms with Gasteiger partial charge in [0.1, 0.15) is 5.82 Å². The highest BCUT2D eigenvalue weighted by atomic mass is 35.5. The number of imidazole rings is 1. The molecule has 1 aliphatic rings. The largest absolute Gasteiger partial charge is 0.355 e. The number of hydrogen-bond acceptors (Lipinski definition) is 4. The summed E-state index contributed by atoms with van der Waals surface area (Å²) in [6.07, 6.45) is 7.68. The summed E-state index contributed by atoms with van der Waals surface area (Å²) in [5.74, 6) is 0.943. The van der Waals surface area contributed by atoms with Crippen molar-refractivity contribution >= 4 is 28.3 Å². The van der Waals surface area contributed by atoms with E-state index in [1.54, 1.807) is 12.5 Å². The number of halogens is 1. The standard InChI is InChI=1S/C17H18ClN5/c18-12-3-4-14-15(8-12)21-17(22-6-1-2-13(19)10-22)9-16(14)23-7-5-20-11-23/h3-5,7-9,11,13H,1-2,6,10,19H2. The monoisotopic (exact) mass is 327 g/mol. The maximum atomic E-state index is 6.16. The molecule has 3 heterocycles. The Kier molecular flexibility index (Phi) is 3.67. The first-order valence-electron chi connectivity index (χ1n) is 7.80. The molecule has 2 N–H and O–H groups in total. The molecule has 1 atom stereocenters. The van der Waals surface area contributed by atoms with Gasteiger partial charge in [0, 0.05) is 48.0 Å². The predicted octanol–water partition coefficient (Wildman–Crippen LogP) is 3.00. The predicted molar refractivity (Wildman–Crippen MR) is 93.3 cm³/mol. The maximum Gasteiger partial charge on any atom is 0.131 e. The van der Waals surface area contributed by atoms with Crippen LogP contribution in [0, 0.1) is 0 Å². The first-order valence-corrected chi connectivity index (χ1v) is 8.18. The van der Waals surface area contributed by atoms with Crippen molar-refractivity contribution in [3.8, 4) is 5.69 Å². The fraction of sp³-hybridized carbons (Fsp3) is 0.294. The molecule has 0 saturated carbocycles. The first-order chi connectivity index (χ1) is 11.2. The van der Waals surface area contributed by atoms with Gasteiger partial charge in [-0.05, 0) is 31.0 Å². The van der Waals surface area contributed by atoms with Gasteiger partial charge in [0.15, 0.2) is 0 Å². The zero-order valence-electron chi connectivity index (χ0n) is 12.7. The van der Waals surface area contributed by atoms with Gasteiger partial charge in [-0.1, -0.05) is 11.6 Å². The van der Waals surface area contributed by atoms with E-state index >= 15 is 0 Å². The topological polar surface area (TPSA) is 60.0 Å². The minimum absolute atomic E-state index is 0.206. The number of pyridine rings is 1. The van der Waals surface area contributed by atoms with Crippen molar-refractivity contribution < 1.29 is 0 Å². The summed E-state index contributed by atoms with van der Waals surface area (Å²) in [7, 11) is 0. The van der Waals surface area contributed by atoms with Crippen molar-refractivity contribution in [3.05, 3.63) is 48.0 Å². The lowest BCUT2D eigenvalue weighted by Gasteiger charge is -2.32. The third-order valence-electron chi connectivity index (χ3n) is 4.30. The number of rotatable bonds is 2. The van der Waals surface area contributed by atoms with Crippen LogP contribution in [0.5, 0.6) is 0 Å². The number of nitrogens with two attached hydrogens (primary N) is 1. The molecule has 0 bridgehead atoms. The van der Waals surface area contributed by atoms with Gasteiger partial charge in [-0.3, -0.25) is 0 Å². The lowest BCUT2D eigenvalue weighted by Crippen LogP contribution is -2.43. The van der Waals surface area contributed by atoms with Crippen molar-refractivity contribution in [2.75, 3.05) is 18.0 Å². The van der Waals surface area contributed by atoms with Crippen LogP contribution >= 0.6 is 11.6 Å². The Morgan fingerprint density at radius 2 is 2.17 bits per heavy atom. The zero-order valence-corrected chi connectivity index (χ0v) is 13.4. The molecule has 1 aromatic carbocycles. The first kappa shape index (κ1) is 14.5. The third kappa shape index (κ3) is 2.78. The van der Waals surface area contributed by atoms with Crippen LogP contribution in [0.2, 0.25) is 5.02 Å². The molecule has 2 aromatic heterocycles. The smallest absolute Gasteiger partial charge is 0.131 e. The number of hydrogen-bond donors (Lipinski definition) is 1. The normalized spacial score (nSPS) is 18.5. The minimum Gasteiger partial charge on any atom is -0.355 e. The summed E-state index contributed by atoms with van der Waals surface area (Å²) in [6.45, 7) is 1.82. The van der Waals surface area contributed by atoms with Gasteiger partial charge in [-0.2, -0.15) is 0 Å². The summed E-state index contributed by atoms with van der Waals surface area (Å²) in [6, 6.07) is 8.12. The molecule has 23 heavy (non-hydrogen) atoms. The van der Waals surface area contributed by atoms with Crippen molar-refractivity contribution in [1.82, 2.24) is 14.5 Å². The van der Waals surface area contributed by atoms with Crippen LogP contribution in [0.25, 0.3) is 16.6 Å². The van der Waals surface area contributed by atoms with E-state index in [1.807, 2.05) is 29.0 Å². The van der Waals surface area contributed by atoms with Crippen molar-refractivity contribution in [2.24, 2.45) is 5.73 Å². The van der Waals surface area contributed by atoms with Crippen LogP contribution in [0.3, 0.4) is 0 Å². The summed E-state index contributed by atoms with van der Waals surface area (Å²) in [5, 5.41) is 1.74. The maximum absolute atomic E-state index is 6.16. The Hall–Kier alpha value is -2.11. The lowest BCUT2D eigenvalue weighted by atomic mass is 10.1. The molecule has 0 aliphatic carbocycles. The Balaban J connectivity index is 1.88. The Morgan fingerprint density at radius 1 is 1.26 bits per heavy atom. The van der Waals surface area contributed by atoms with Crippen molar-refractivity contribution in [2.45, 2.75) is 18.9 Å². The van der Waals surface area contributed by atoms with Crippen LogP contribution in [0.4, 0.5) is 5.82 Å². The molecule has 3 aromatic rings. The van der Waals surface area contributed by atoms with E-state index in [4.69, 9.17) is 22.3 Å². The molecule has 5 nitrogen and oxygen atoms in total. The average Bonchev–Trinajstić information content (AvgIpc) is 3.07. The van der Waals surface area contributed by atoms with Gasteiger partial charge in [0.2, 0.25) is 0 Å². The van der Waals surface area contributed by atoms with Gasteiger partial charge in [-0.25, -0.2) is 9.97 Å². The molecule has 1 fully saturated rings. The molecular formula is C17H18ClN5. The number of anilines is 1. The van der Waals surface area contributed by atoms with Gasteiger partial charge in [0.25, 0.3) is 0 Å². The molecule has 4 rings (SSSR count). The van der Waals surface area contributed by atoms with E-state index < -0.39 is 0 Å². The van der Waals surface area contributed by atoms with Crippen molar-refractivity contribution in [3.63, 3.8) is 0 Å². The number of aromatic nitrogens is 3. The summed E-state index contributed by atoms with van der Waals surface area (Å²) in [5.41, 5.74) is 8.07. The summed E-state index contributed by atoms with van der Waals surface area (Å²) < 4.78 is 2.01. The van der Waals surface area contributed by atoms with Gasteiger partial charge < -0.3 is 15.2 Å². The molecular weight excluding hydrogens is 310 g/mol. The molecule has 118 valence electrons. The van der Waals surface area contributed by atoms with Gasteiger partial charge in [-0.15, -0.1) is 0 Å². The zero-order chi connectivity index (χ0) is 15.8. The van der Waals surface area contributed by atoms with E-state index in [2.05, 4.69) is 16.0 Å². The van der Waals surface area contributed by atoms with Crippen LogP contribution in [-0.4, -0.2) is 33.7 Å². The van der Waals surface area contributed by atoms with Crippen LogP contribution < -0.4 is 10.6 Å². The summed E-state index contributed by atoms with van der Waals surface area (Å²) >= 11 is 6.16. The summed E-state index contributed by atoms with van der Waals surface area (Å²) in [4.78, 5) is 11.2. The van der Waals surface area contributed by atoms with E-state index in [1.165, 1.54) is 0 Å². The molecule has 1 aliphatic heterocycles. The van der Waals surface area contributed by atoms with E-state index in [0.29, 0.717) is 5.02 Å². The van der Waals surface area contributed by atoms with Crippen LogP contribution in [0.1, 0.15) is 12.8 Å². The second-order valence-corrected chi connectivity index (χ2v) is 6.42. The molecule has 0 amide bonds. The number of nitrogens with zero attached hydrogens (tertiary/aromatic N) is 4. The number of benzene rings is 1. The van der Waals surface area contributed by atoms with E-state index in [0.717, 1.165) is 48.3 Å². The van der Waals surface area contributed by atoms with E-state index in [-0.39, 0.29) is 6.04 Å². The van der Waals surface area contributed by atoms with Crippen LogP contribution in [0.15, 0.2) is 43.0 Å². The van der Waals surface area contributed by atoms with Gasteiger partial charge >= 0.3 is 0 Å². The fourth-order valence-corrected chi connectivity index (χ4v) is 3.33. The highest BCUT2D eigenvalue weighted by Gasteiger charge is 2.19. The number of fused-ring (bicyclic) bond motifs is 1. The molecule has 6 heteroatoms. The van der Waals surface area contributed by atoms with Crippen molar-refractivity contribution in [1.29, 1.82) is 0 Å². The van der Waals surface area contributed by atoms with Crippen LogP contribution in [-0.2, 0) is 0 Å². The molecule has 0 radical (unpaired) electrons. The second kappa shape index (κ2) is 5.83. The Bertz CT molecular complexity index is 830. The quantitative estimate of drug-likeness (QED) is 0.786. The third-order valence-corrected chi connectivity index (χ3v) is 4.54. The Labute approximate surface area is 139 Å². The minimum atomic E-state index is 0.206. The molecule has 0 spiro atoms. The highest BCUT2D eigenvalue weighted by molar-refractivity contribution is 6.31. The Morgan fingerprint density at radius 3 is 2.96 bits per heavy atom. The SMILES string of the molecule is NC1CCCN(c2cc(-n3ccnc3)c3ccc(Cl)cc3n2)C1. The number of piperidine rings is 1. The average molecular weight is 328 g/mol. The molecule has 1 unspecified atom stereocenters. The fourth-order valence-electron chi connectivity index (χ4n) is 3.16. The van der Waals surface area contributed by atoms with E-state index in [9.17, 15) is 0 Å².